The number of amides is 1. The molecule has 0 aliphatic carbocycles. The summed E-state index contributed by atoms with van der Waals surface area (Å²) >= 11 is 0. The molecular formula is C27H34N4O2. The molecule has 6 heteroatoms. The van der Waals surface area contributed by atoms with E-state index in [1.165, 1.54) is 5.56 Å². The Morgan fingerprint density at radius 3 is 2.27 bits per heavy atom. The number of hydrogen-bond donors (Lipinski definition) is 0. The highest BCUT2D eigenvalue weighted by atomic mass is 16.5. The number of likely N-dealkylation sites (tertiary alicyclic amines) is 1. The summed E-state index contributed by atoms with van der Waals surface area (Å²) in [7, 11) is 3.53. The number of pyridine rings is 1. The van der Waals surface area contributed by atoms with Gasteiger partial charge in [-0.3, -0.25) is 14.5 Å². The fourth-order valence-corrected chi connectivity index (χ4v) is 4.43. The molecule has 3 aromatic rings. The Morgan fingerprint density at radius 1 is 1.03 bits per heavy atom. The Hall–Kier alpha value is -3.15. The Kier molecular flexibility index (Phi) is 6.28. The molecule has 0 unspecified atom stereocenters. The number of aromatic nitrogens is 3. The first kappa shape index (κ1) is 23.0. The van der Waals surface area contributed by atoms with Crippen LogP contribution in [-0.4, -0.2) is 45.8 Å². The number of aryl methyl sites for hydroxylation is 2. The Labute approximate surface area is 196 Å². The smallest absolute Gasteiger partial charge is 0.272 e. The van der Waals surface area contributed by atoms with E-state index in [1.54, 1.807) is 11.8 Å². The van der Waals surface area contributed by atoms with Crippen molar-refractivity contribution in [1.29, 1.82) is 0 Å². The Morgan fingerprint density at radius 2 is 1.70 bits per heavy atom. The second kappa shape index (κ2) is 9.00. The van der Waals surface area contributed by atoms with Crippen LogP contribution in [0.5, 0.6) is 5.75 Å². The molecule has 2 aromatic heterocycles. The maximum absolute atomic E-state index is 13.2. The van der Waals surface area contributed by atoms with Crippen LogP contribution < -0.4 is 4.74 Å². The molecule has 1 aliphatic rings. The molecule has 1 fully saturated rings. The van der Waals surface area contributed by atoms with Crippen molar-refractivity contribution in [3.63, 3.8) is 0 Å². The molecule has 1 saturated heterocycles. The molecule has 1 amide bonds. The first-order valence-electron chi connectivity index (χ1n) is 11.6. The number of carbonyl (C=O) groups is 1. The van der Waals surface area contributed by atoms with E-state index in [9.17, 15) is 4.79 Å². The van der Waals surface area contributed by atoms with Gasteiger partial charge in [-0.05, 0) is 61.2 Å². The number of benzene rings is 1. The molecule has 1 aliphatic heterocycles. The SMILES string of the molecule is COc1ccc(-c2cc(C)nc(C3CCN(C(=O)c4cc(C(C)(C)C)nn4C)CC3)c2)cc1. The largest absolute Gasteiger partial charge is 0.497 e. The van der Waals surface area contributed by atoms with Gasteiger partial charge in [0.25, 0.3) is 5.91 Å². The maximum Gasteiger partial charge on any atom is 0.272 e. The highest BCUT2D eigenvalue weighted by Gasteiger charge is 2.29. The number of methoxy groups -OCH3 is 1. The summed E-state index contributed by atoms with van der Waals surface area (Å²) in [5.74, 6) is 1.27. The minimum absolute atomic E-state index is 0.0649. The molecule has 1 aromatic carbocycles. The zero-order valence-corrected chi connectivity index (χ0v) is 20.6. The van der Waals surface area contributed by atoms with Crippen molar-refractivity contribution < 1.29 is 9.53 Å². The average molecular weight is 447 g/mol. The minimum atomic E-state index is -0.0816. The van der Waals surface area contributed by atoms with Crippen LogP contribution in [0.1, 0.15) is 67.1 Å². The molecule has 33 heavy (non-hydrogen) atoms. The predicted octanol–water partition coefficient (Wildman–Crippen LogP) is 5.12. The maximum atomic E-state index is 13.2. The lowest BCUT2D eigenvalue weighted by Gasteiger charge is -2.32. The van der Waals surface area contributed by atoms with Crippen molar-refractivity contribution in [3.8, 4) is 16.9 Å². The summed E-state index contributed by atoms with van der Waals surface area (Å²) in [6, 6.07) is 14.4. The van der Waals surface area contributed by atoms with Crippen molar-refractivity contribution in [2.45, 2.75) is 51.9 Å². The molecule has 0 N–H and O–H groups in total. The van der Waals surface area contributed by atoms with Gasteiger partial charge in [-0.25, -0.2) is 0 Å². The van der Waals surface area contributed by atoms with E-state index < -0.39 is 0 Å². The Bertz CT molecular complexity index is 1130. The molecule has 0 bridgehead atoms. The lowest BCUT2D eigenvalue weighted by Crippen LogP contribution is -2.38. The fraction of sp³-hybridized carbons (Fsp3) is 0.444. The van der Waals surface area contributed by atoms with Crippen LogP contribution in [0.15, 0.2) is 42.5 Å². The number of carbonyl (C=O) groups excluding carboxylic acids is 1. The lowest BCUT2D eigenvalue weighted by molar-refractivity contribution is 0.0701. The summed E-state index contributed by atoms with van der Waals surface area (Å²) in [6.07, 6.45) is 1.82. The van der Waals surface area contributed by atoms with E-state index in [4.69, 9.17) is 9.72 Å². The van der Waals surface area contributed by atoms with E-state index in [2.05, 4.69) is 50.1 Å². The normalized spacial score (nSPS) is 15.0. The monoisotopic (exact) mass is 446 g/mol. The van der Waals surface area contributed by atoms with E-state index >= 15 is 0 Å². The summed E-state index contributed by atoms with van der Waals surface area (Å²) in [4.78, 5) is 20.0. The predicted molar refractivity (Wildman–Crippen MR) is 131 cm³/mol. The standard InChI is InChI=1S/C27H34N4O2/c1-18-15-21(19-7-9-22(33-6)10-8-19)16-23(28-18)20-11-13-31(14-12-20)26(32)24-17-25(27(2,3)4)29-30(24)5/h7-10,15-17,20H,11-14H2,1-6H3. The van der Waals surface area contributed by atoms with Gasteiger partial charge in [0.2, 0.25) is 0 Å². The van der Waals surface area contributed by atoms with Crippen LogP contribution in [0.3, 0.4) is 0 Å². The third-order valence-electron chi connectivity index (χ3n) is 6.46. The van der Waals surface area contributed by atoms with Gasteiger partial charge in [0.15, 0.2) is 0 Å². The van der Waals surface area contributed by atoms with Gasteiger partial charge < -0.3 is 9.64 Å². The molecule has 6 nitrogen and oxygen atoms in total. The van der Waals surface area contributed by atoms with Gasteiger partial charge in [0.05, 0.1) is 12.8 Å². The second-order valence-corrected chi connectivity index (χ2v) is 10.0. The molecule has 0 radical (unpaired) electrons. The van der Waals surface area contributed by atoms with Crippen molar-refractivity contribution in [2.24, 2.45) is 7.05 Å². The second-order valence-electron chi connectivity index (χ2n) is 10.0. The quantitative estimate of drug-likeness (QED) is 0.558. The number of hydrogen-bond acceptors (Lipinski definition) is 4. The number of nitrogens with zero attached hydrogens (tertiary/aromatic N) is 4. The van der Waals surface area contributed by atoms with Crippen molar-refractivity contribution in [3.05, 3.63) is 65.2 Å². The van der Waals surface area contributed by atoms with Crippen LogP contribution in [0.2, 0.25) is 0 Å². The average Bonchev–Trinajstić information content (AvgIpc) is 3.20. The van der Waals surface area contributed by atoms with Gasteiger partial charge in [-0.15, -0.1) is 0 Å². The van der Waals surface area contributed by atoms with Crippen LogP contribution in [0, 0.1) is 6.92 Å². The van der Waals surface area contributed by atoms with E-state index in [-0.39, 0.29) is 11.3 Å². The third-order valence-corrected chi connectivity index (χ3v) is 6.46. The van der Waals surface area contributed by atoms with E-state index in [1.807, 2.05) is 37.1 Å². The van der Waals surface area contributed by atoms with E-state index in [0.717, 1.165) is 54.3 Å². The van der Waals surface area contributed by atoms with Crippen molar-refractivity contribution >= 4 is 5.91 Å². The van der Waals surface area contributed by atoms with Gasteiger partial charge in [-0.2, -0.15) is 5.10 Å². The molecular weight excluding hydrogens is 412 g/mol. The highest BCUT2D eigenvalue weighted by molar-refractivity contribution is 5.92. The van der Waals surface area contributed by atoms with Crippen LogP contribution in [-0.2, 0) is 12.5 Å². The molecule has 4 rings (SSSR count). The summed E-state index contributed by atoms with van der Waals surface area (Å²) in [5.41, 5.74) is 5.98. The van der Waals surface area contributed by atoms with E-state index in [0.29, 0.717) is 11.6 Å². The topological polar surface area (TPSA) is 60.2 Å². The van der Waals surface area contributed by atoms with Gasteiger partial charge in [0.1, 0.15) is 11.4 Å². The zero-order valence-electron chi connectivity index (χ0n) is 20.6. The van der Waals surface area contributed by atoms with Crippen LogP contribution in [0.4, 0.5) is 0 Å². The summed E-state index contributed by atoms with van der Waals surface area (Å²) < 4.78 is 7.00. The van der Waals surface area contributed by atoms with Crippen LogP contribution >= 0.6 is 0 Å². The zero-order chi connectivity index (χ0) is 23.8. The summed E-state index contributed by atoms with van der Waals surface area (Å²) in [5, 5.41) is 4.57. The molecule has 0 atom stereocenters. The lowest BCUT2D eigenvalue weighted by atomic mass is 9.90. The number of ether oxygens (including phenoxy) is 1. The van der Waals surface area contributed by atoms with Crippen LogP contribution in [0.25, 0.3) is 11.1 Å². The summed E-state index contributed by atoms with van der Waals surface area (Å²) in [6.45, 7) is 9.85. The third kappa shape index (κ3) is 4.95. The Balaban J connectivity index is 1.47. The number of piperidine rings is 1. The minimum Gasteiger partial charge on any atom is -0.497 e. The highest BCUT2D eigenvalue weighted by Crippen LogP contribution is 2.32. The molecule has 0 saturated carbocycles. The molecule has 174 valence electrons. The van der Waals surface area contributed by atoms with Crippen molar-refractivity contribution in [2.75, 3.05) is 20.2 Å². The molecule has 3 heterocycles. The molecule has 0 spiro atoms. The van der Waals surface area contributed by atoms with Gasteiger partial charge >= 0.3 is 0 Å². The van der Waals surface area contributed by atoms with Crippen molar-refractivity contribution in [1.82, 2.24) is 19.7 Å². The van der Waals surface area contributed by atoms with Gasteiger partial charge in [0, 0.05) is 42.9 Å². The fourth-order valence-electron chi connectivity index (χ4n) is 4.43. The first-order valence-corrected chi connectivity index (χ1v) is 11.6. The van der Waals surface area contributed by atoms with Gasteiger partial charge in [-0.1, -0.05) is 32.9 Å². The first-order chi connectivity index (χ1) is 15.7. The number of rotatable bonds is 4.